The highest BCUT2D eigenvalue weighted by molar-refractivity contribution is 7.13. The number of rotatable bonds is 6. The second-order valence-electron chi connectivity index (χ2n) is 7.66. The van der Waals surface area contributed by atoms with Gasteiger partial charge in [-0.05, 0) is 49.2 Å². The van der Waals surface area contributed by atoms with Crippen molar-refractivity contribution < 1.29 is 23.5 Å². The van der Waals surface area contributed by atoms with Crippen LogP contribution in [0.1, 0.15) is 33.6 Å². The molecule has 4 rings (SSSR count). The number of hydrogen-bond acceptors (Lipinski definition) is 7. The maximum atomic E-state index is 13.0. The van der Waals surface area contributed by atoms with Gasteiger partial charge in [0.05, 0.1) is 19.9 Å². The van der Waals surface area contributed by atoms with Crippen LogP contribution in [0, 0.1) is 5.82 Å². The Morgan fingerprint density at radius 1 is 1.03 bits per heavy atom. The van der Waals surface area contributed by atoms with E-state index < -0.39 is 0 Å². The second-order valence-corrected chi connectivity index (χ2v) is 8.67. The Labute approximate surface area is 199 Å². The van der Waals surface area contributed by atoms with Crippen LogP contribution < -0.4 is 20.1 Å². The van der Waals surface area contributed by atoms with Crippen LogP contribution in [-0.4, -0.2) is 54.3 Å². The molecule has 178 valence electrons. The van der Waals surface area contributed by atoms with Crippen LogP contribution in [0.25, 0.3) is 0 Å². The van der Waals surface area contributed by atoms with Gasteiger partial charge in [0.1, 0.15) is 22.3 Å². The zero-order chi connectivity index (χ0) is 24.1. The first kappa shape index (κ1) is 23.4. The molecule has 11 heteroatoms. The number of ether oxygens (including phenoxy) is 2. The van der Waals surface area contributed by atoms with E-state index in [2.05, 4.69) is 20.8 Å². The Morgan fingerprint density at radius 2 is 1.76 bits per heavy atom. The number of anilines is 2. The zero-order valence-electron chi connectivity index (χ0n) is 18.7. The van der Waals surface area contributed by atoms with Crippen molar-refractivity contribution in [3.05, 3.63) is 58.3 Å². The van der Waals surface area contributed by atoms with Gasteiger partial charge in [-0.25, -0.2) is 9.18 Å². The molecule has 0 aliphatic carbocycles. The van der Waals surface area contributed by atoms with Gasteiger partial charge in [0.25, 0.3) is 5.91 Å². The molecule has 0 radical (unpaired) electrons. The Bertz CT molecular complexity index is 1160. The molecule has 1 aliphatic rings. The smallest absolute Gasteiger partial charge is 0.321 e. The molecule has 3 amide bonds. The molecule has 0 atom stereocenters. The van der Waals surface area contributed by atoms with Crippen molar-refractivity contribution in [3.8, 4) is 11.5 Å². The van der Waals surface area contributed by atoms with Crippen LogP contribution in [0.15, 0.2) is 42.5 Å². The van der Waals surface area contributed by atoms with Gasteiger partial charge in [0.2, 0.25) is 5.01 Å². The van der Waals surface area contributed by atoms with E-state index in [9.17, 15) is 14.0 Å². The van der Waals surface area contributed by atoms with E-state index in [1.54, 1.807) is 30.2 Å². The fourth-order valence-corrected chi connectivity index (χ4v) is 4.54. The largest absolute Gasteiger partial charge is 0.497 e. The maximum absolute atomic E-state index is 13.0. The molecule has 2 aromatic carbocycles. The molecule has 1 fully saturated rings. The third-order valence-electron chi connectivity index (χ3n) is 5.52. The normalized spacial score (nSPS) is 13.9. The van der Waals surface area contributed by atoms with Crippen LogP contribution in [0.4, 0.5) is 20.6 Å². The summed E-state index contributed by atoms with van der Waals surface area (Å²) in [7, 11) is 3.10. The van der Waals surface area contributed by atoms with Crippen molar-refractivity contribution in [1.82, 2.24) is 15.1 Å². The van der Waals surface area contributed by atoms with Crippen molar-refractivity contribution >= 4 is 34.6 Å². The van der Waals surface area contributed by atoms with Crippen molar-refractivity contribution in [2.24, 2.45) is 0 Å². The highest BCUT2D eigenvalue weighted by Gasteiger charge is 2.27. The fraction of sp³-hybridized carbons (Fsp3) is 0.304. The van der Waals surface area contributed by atoms with Crippen LogP contribution >= 0.6 is 11.3 Å². The molecular weight excluding hydrogens is 461 g/mol. The number of nitrogens with one attached hydrogen (secondary N) is 2. The number of carbonyl (C=O) groups is 2. The zero-order valence-corrected chi connectivity index (χ0v) is 19.5. The quantitative estimate of drug-likeness (QED) is 0.538. The van der Waals surface area contributed by atoms with Gasteiger partial charge in [0.15, 0.2) is 0 Å². The predicted octanol–water partition coefficient (Wildman–Crippen LogP) is 4.36. The van der Waals surface area contributed by atoms with Crippen LogP contribution in [0.3, 0.4) is 0 Å². The highest BCUT2D eigenvalue weighted by Crippen LogP contribution is 2.32. The van der Waals surface area contributed by atoms with Gasteiger partial charge in [-0.2, -0.15) is 0 Å². The van der Waals surface area contributed by atoms with E-state index >= 15 is 0 Å². The minimum Gasteiger partial charge on any atom is -0.497 e. The molecule has 1 aliphatic heterocycles. The van der Waals surface area contributed by atoms with Crippen LogP contribution in [-0.2, 0) is 0 Å². The standard InChI is InChI=1S/C23H24FN5O4S/c1-32-17-7-8-18(19(13-17)33-2)26-23(31)29-11-9-14(10-12-29)21-27-28-22(34-21)20(30)25-16-5-3-15(24)4-6-16/h3-8,13-14H,9-12H2,1-2H3,(H,25,30)(H,26,31). The number of urea groups is 1. The Hall–Kier alpha value is -3.73. The average Bonchev–Trinajstić information content (AvgIpc) is 3.36. The summed E-state index contributed by atoms with van der Waals surface area (Å²) in [4.78, 5) is 26.9. The van der Waals surface area contributed by atoms with E-state index in [1.807, 2.05) is 0 Å². The minimum absolute atomic E-state index is 0.115. The highest BCUT2D eigenvalue weighted by atomic mass is 32.1. The summed E-state index contributed by atoms with van der Waals surface area (Å²) < 4.78 is 23.6. The lowest BCUT2D eigenvalue weighted by atomic mass is 9.98. The van der Waals surface area contributed by atoms with Gasteiger partial charge in [-0.1, -0.05) is 11.3 Å². The van der Waals surface area contributed by atoms with Crippen molar-refractivity contribution in [2.75, 3.05) is 37.9 Å². The predicted molar refractivity (Wildman–Crippen MR) is 126 cm³/mol. The first-order chi connectivity index (χ1) is 16.5. The summed E-state index contributed by atoms with van der Waals surface area (Å²) in [5.41, 5.74) is 1.05. The van der Waals surface area contributed by atoms with Gasteiger partial charge >= 0.3 is 6.03 Å². The minimum atomic E-state index is -0.388. The average molecular weight is 486 g/mol. The van der Waals surface area contributed by atoms with Gasteiger partial charge in [0, 0.05) is 30.8 Å². The molecule has 0 bridgehead atoms. The number of aromatic nitrogens is 2. The molecule has 2 N–H and O–H groups in total. The molecule has 0 unspecified atom stereocenters. The molecule has 3 aromatic rings. The van der Waals surface area contributed by atoms with Crippen molar-refractivity contribution in [1.29, 1.82) is 0 Å². The van der Waals surface area contributed by atoms with Gasteiger partial charge < -0.3 is 25.0 Å². The third kappa shape index (κ3) is 5.42. The van der Waals surface area contributed by atoms with Crippen molar-refractivity contribution in [2.45, 2.75) is 18.8 Å². The molecule has 9 nitrogen and oxygen atoms in total. The summed E-state index contributed by atoms with van der Waals surface area (Å²) in [6, 6.07) is 10.5. The monoisotopic (exact) mass is 485 g/mol. The third-order valence-corrected chi connectivity index (χ3v) is 6.60. The van der Waals surface area contributed by atoms with E-state index in [0.29, 0.717) is 48.8 Å². The number of likely N-dealkylation sites (tertiary alicyclic amines) is 1. The molecule has 1 saturated heterocycles. The Balaban J connectivity index is 1.31. The maximum Gasteiger partial charge on any atom is 0.321 e. The van der Waals surface area contributed by atoms with E-state index in [0.717, 1.165) is 5.01 Å². The summed E-state index contributed by atoms with van der Waals surface area (Å²) in [5, 5.41) is 14.8. The Kier molecular flexibility index (Phi) is 7.21. The lowest BCUT2D eigenvalue weighted by Gasteiger charge is -2.31. The fourth-order valence-electron chi connectivity index (χ4n) is 3.63. The molecular formula is C23H24FN5O4S. The lowest BCUT2D eigenvalue weighted by molar-refractivity contribution is 0.102. The molecule has 0 spiro atoms. The SMILES string of the molecule is COc1ccc(NC(=O)N2CCC(c3nnc(C(=O)Nc4ccc(F)cc4)s3)CC2)c(OC)c1. The molecule has 34 heavy (non-hydrogen) atoms. The summed E-state index contributed by atoms with van der Waals surface area (Å²) in [6.45, 7) is 1.09. The van der Waals surface area contributed by atoms with E-state index in [1.165, 1.54) is 42.7 Å². The first-order valence-electron chi connectivity index (χ1n) is 10.6. The van der Waals surface area contributed by atoms with Crippen LogP contribution in [0.5, 0.6) is 11.5 Å². The number of methoxy groups -OCH3 is 2. The summed E-state index contributed by atoms with van der Waals surface area (Å²) >= 11 is 1.23. The number of piperidine rings is 1. The number of amides is 3. The number of hydrogen-bond donors (Lipinski definition) is 2. The summed E-state index contributed by atoms with van der Waals surface area (Å²) in [5.74, 6) is 0.505. The summed E-state index contributed by atoms with van der Waals surface area (Å²) in [6.07, 6.45) is 1.42. The molecule has 0 saturated carbocycles. The number of benzene rings is 2. The Morgan fingerprint density at radius 3 is 2.44 bits per heavy atom. The van der Waals surface area contributed by atoms with Crippen molar-refractivity contribution in [3.63, 3.8) is 0 Å². The topological polar surface area (TPSA) is 106 Å². The van der Waals surface area contributed by atoms with E-state index in [4.69, 9.17) is 9.47 Å². The lowest BCUT2D eigenvalue weighted by Crippen LogP contribution is -2.40. The van der Waals surface area contributed by atoms with Crippen LogP contribution in [0.2, 0.25) is 0 Å². The number of nitrogens with zero attached hydrogens (tertiary/aromatic N) is 3. The second kappa shape index (κ2) is 10.5. The van der Waals surface area contributed by atoms with E-state index in [-0.39, 0.29) is 28.7 Å². The number of halogens is 1. The number of carbonyl (C=O) groups excluding carboxylic acids is 2. The molecule has 1 aromatic heterocycles. The molecule has 2 heterocycles. The first-order valence-corrected chi connectivity index (χ1v) is 11.5. The van der Waals surface area contributed by atoms with Gasteiger partial charge in [-0.3, -0.25) is 4.79 Å². The van der Waals surface area contributed by atoms with Gasteiger partial charge in [-0.15, -0.1) is 10.2 Å².